The molecular weight excluding hydrogens is 189 g/mol. The summed E-state index contributed by atoms with van der Waals surface area (Å²) in [6, 6.07) is 9.56. The normalized spacial score (nSPS) is 12.8. The van der Waals surface area contributed by atoms with Gasteiger partial charge >= 0.3 is 0 Å². The molecule has 0 saturated heterocycles. The van der Waals surface area contributed by atoms with Crippen LogP contribution >= 0.6 is 11.6 Å². The van der Waals surface area contributed by atoms with E-state index < -0.39 is 6.30 Å². The first-order chi connectivity index (χ1) is 6.33. The van der Waals surface area contributed by atoms with Gasteiger partial charge in [0.1, 0.15) is 0 Å². The Bertz CT molecular complexity index is 228. The van der Waals surface area contributed by atoms with Crippen molar-refractivity contribution >= 4 is 11.6 Å². The number of alkyl halides is 2. The van der Waals surface area contributed by atoms with Crippen molar-refractivity contribution in [1.82, 2.24) is 5.32 Å². The summed E-state index contributed by atoms with van der Waals surface area (Å²) >= 11 is 5.42. The average molecular weight is 202 g/mol. The molecule has 1 aromatic rings. The maximum Gasteiger partial charge on any atom is 0.155 e. The number of hydrogen-bond donors (Lipinski definition) is 1. The number of benzene rings is 1. The second-order valence-corrected chi connectivity index (χ2v) is 3.18. The van der Waals surface area contributed by atoms with Crippen molar-refractivity contribution in [3.63, 3.8) is 0 Å². The first-order valence-corrected chi connectivity index (χ1v) is 4.83. The lowest BCUT2D eigenvalue weighted by Crippen LogP contribution is -2.28. The molecule has 13 heavy (non-hydrogen) atoms. The van der Waals surface area contributed by atoms with Gasteiger partial charge < -0.3 is 0 Å². The van der Waals surface area contributed by atoms with Gasteiger partial charge in [-0.3, -0.25) is 5.32 Å². The van der Waals surface area contributed by atoms with Crippen LogP contribution in [0.2, 0.25) is 0 Å². The molecule has 1 N–H and O–H groups in total. The Morgan fingerprint density at radius 2 is 2.00 bits per heavy atom. The number of rotatable bonds is 5. The van der Waals surface area contributed by atoms with Gasteiger partial charge in [0.15, 0.2) is 6.30 Å². The van der Waals surface area contributed by atoms with E-state index in [0.29, 0.717) is 18.8 Å². The zero-order valence-electron chi connectivity index (χ0n) is 7.34. The third kappa shape index (κ3) is 4.25. The number of nitrogens with one attached hydrogen (secondary N) is 1. The highest BCUT2D eigenvalue weighted by atomic mass is 35.5. The van der Waals surface area contributed by atoms with Crippen LogP contribution in [0, 0.1) is 0 Å². The summed E-state index contributed by atoms with van der Waals surface area (Å²) in [5, 5.41) is 2.68. The van der Waals surface area contributed by atoms with Crippen molar-refractivity contribution in [2.24, 2.45) is 0 Å². The summed E-state index contributed by atoms with van der Waals surface area (Å²) < 4.78 is 13.1. The Morgan fingerprint density at radius 1 is 1.31 bits per heavy atom. The Hall–Kier alpha value is -0.600. The summed E-state index contributed by atoms with van der Waals surface area (Å²) in [7, 11) is 0. The maximum atomic E-state index is 13.1. The van der Waals surface area contributed by atoms with E-state index in [9.17, 15) is 4.39 Å². The Kier molecular flexibility index (Phi) is 4.79. The largest absolute Gasteiger partial charge is 0.286 e. The standard InChI is InChI=1S/C10H13ClFN/c11-6-7-13-10(12)8-9-4-2-1-3-5-9/h1-5,10,13H,6-8H2. The number of hydrogen-bond acceptors (Lipinski definition) is 1. The Balaban J connectivity index is 2.32. The smallest absolute Gasteiger partial charge is 0.155 e. The molecule has 0 fully saturated rings. The molecular formula is C10H13ClFN. The molecule has 3 heteroatoms. The fourth-order valence-electron chi connectivity index (χ4n) is 1.10. The highest BCUT2D eigenvalue weighted by molar-refractivity contribution is 6.18. The van der Waals surface area contributed by atoms with Crippen LogP contribution in [-0.4, -0.2) is 18.7 Å². The summed E-state index contributed by atoms with van der Waals surface area (Å²) in [5.74, 6) is 0.440. The van der Waals surface area contributed by atoms with Crippen LogP contribution in [0.15, 0.2) is 30.3 Å². The quantitative estimate of drug-likeness (QED) is 0.570. The highest BCUT2D eigenvalue weighted by Crippen LogP contribution is 2.03. The highest BCUT2D eigenvalue weighted by Gasteiger charge is 2.04. The maximum absolute atomic E-state index is 13.1. The van der Waals surface area contributed by atoms with Crippen molar-refractivity contribution in [2.45, 2.75) is 12.7 Å². The molecule has 0 aliphatic rings. The van der Waals surface area contributed by atoms with Gasteiger partial charge in [-0.2, -0.15) is 0 Å². The minimum Gasteiger partial charge on any atom is -0.286 e. The molecule has 1 rings (SSSR count). The lowest BCUT2D eigenvalue weighted by Gasteiger charge is -2.08. The fourth-order valence-corrected chi connectivity index (χ4v) is 1.21. The van der Waals surface area contributed by atoms with Gasteiger partial charge in [-0.1, -0.05) is 30.3 Å². The predicted octanol–water partition coefficient (Wildman–Crippen LogP) is 2.35. The Morgan fingerprint density at radius 3 is 2.62 bits per heavy atom. The van der Waals surface area contributed by atoms with Gasteiger partial charge in [0.05, 0.1) is 0 Å². The molecule has 1 unspecified atom stereocenters. The monoisotopic (exact) mass is 201 g/mol. The minimum absolute atomic E-state index is 0.401. The van der Waals surface area contributed by atoms with Crippen molar-refractivity contribution in [2.75, 3.05) is 12.4 Å². The van der Waals surface area contributed by atoms with Crippen LogP contribution in [0.25, 0.3) is 0 Å². The van der Waals surface area contributed by atoms with Crippen molar-refractivity contribution in [3.05, 3.63) is 35.9 Å². The topological polar surface area (TPSA) is 12.0 Å². The number of halogens is 2. The predicted molar refractivity (Wildman–Crippen MR) is 53.8 cm³/mol. The van der Waals surface area contributed by atoms with Crippen molar-refractivity contribution < 1.29 is 4.39 Å². The molecule has 0 spiro atoms. The van der Waals surface area contributed by atoms with E-state index in [1.807, 2.05) is 30.3 Å². The van der Waals surface area contributed by atoms with Gasteiger partial charge in [0.2, 0.25) is 0 Å². The first-order valence-electron chi connectivity index (χ1n) is 4.30. The van der Waals surface area contributed by atoms with Gasteiger partial charge in [0.25, 0.3) is 0 Å². The van der Waals surface area contributed by atoms with E-state index >= 15 is 0 Å². The third-order valence-electron chi connectivity index (χ3n) is 1.72. The van der Waals surface area contributed by atoms with Crippen LogP contribution in [0.5, 0.6) is 0 Å². The second-order valence-electron chi connectivity index (χ2n) is 2.80. The molecule has 0 amide bonds. The fraction of sp³-hybridized carbons (Fsp3) is 0.400. The summed E-state index contributed by atoms with van der Waals surface area (Å²) in [6.45, 7) is 0.509. The summed E-state index contributed by atoms with van der Waals surface area (Å²) in [5.41, 5.74) is 0.997. The van der Waals surface area contributed by atoms with Crippen LogP contribution < -0.4 is 5.32 Å². The lowest BCUT2D eigenvalue weighted by atomic mass is 10.1. The zero-order chi connectivity index (χ0) is 9.52. The Labute approximate surface area is 82.9 Å². The van der Waals surface area contributed by atoms with E-state index in [2.05, 4.69) is 5.32 Å². The van der Waals surface area contributed by atoms with Crippen LogP contribution in [0.4, 0.5) is 4.39 Å². The van der Waals surface area contributed by atoms with Crippen molar-refractivity contribution in [3.8, 4) is 0 Å². The second kappa shape index (κ2) is 5.95. The van der Waals surface area contributed by atoms with Gasteiger partial charge in [-0.15, -0.1) is 11.6 Å². The summed E-state index contributed by atoms with van der Waals surface area (Å²) in [6.07, 6.45) is -0.598. The molecule has 0 aliphatic carbocycles. The van der Waals surface area contributed by atoms with Crippen molar-refractivity contribution in [1.29, 1.82) is 0 Å². The zero-order valence-corrected chi connectivity index (χ0v) is 8.10. The van der Waals surface area contributed by atoms with E-state index in [1.165, 1.54) is 0 Å². The lowest BCUT2D eigenvalue weighted by molar-refractivity contribution is 0.278. The average Bonchev–Trinajstić information content (AvgIpc) is 2.16. The SMILES string of the molecule is FC(Cc1ccccc1)NCCCl. The molecule has 72 valence electrons. The van der Waals surface area contributed by atoms with Gasteiger partial charge in [0, 0.05) is 18.8 Å². The van der Waals surface area contributed by atoms with E-state index in [4.69, 9.17) is 11.6 Å². The van der Waals surface area contributed by atoms with Crippen LogP contribution in [-0.2, 0) is 6.42 Å². The molecule has 0 heterocycles. The third-order valence-corrected chi connectivity index (χ3v) is 1.91. The van der Waals surface area contributed by atoms with E-state index in [-0.39, 0.29) is 0 Å². The molecule has 0 radical (unpaired) electrons. The van der Waals surface area contributed by atoms with Gasteiger partial charge in [-0.25, -0.2) is 4.39 Å². The van der Waals surface area contributed by atoms with Gasteiger partial charge in [-0.05, 0) is 5.56 Å². The molecule has 0 bridgehead atoms. The molecule has 0 saturated carbocycles. The summed E-state index contributed by atoms with van der Waals surface area (Å²) in [4.78, 5) is 0. The molecule has 1 nitrogen and oxygen atoms in total. The molecule has 1 atom stereocenters. The van der Waals surface area contributed by atoms with E-state index in [1.54, 1.807) is 0 Å². The molecule has 0 aliphatic heterocycles. The van der Waals surface area contributed by atoms with Crippen LogP contribution in [0.1, 0.15) is 5.56 Å². The van der Waals surface area contributed by atoms with Crippen LogP contribution in [0.3, 0.4) is 0 Å². The van der Waals surface area contributed by atoms with E-state index in [0.717, 1.165) is 5.56 Å². The first kappa shape index (κ1) is 10.5. The minimum atomic E-state index is -0.999. The molecule has 1 aromatic carbocycles. The molecule has 0 aromatic heterocycles.